The molecule has 0 saturated carbocycles. The molecule has 0 saturated heterocycles. The van der Waals surface area contributed by atoms with Crippen LogP contribution in [0.5, 0.6) is 0 Å². The fourth-order valence-electron chi connectivity index (χ4n) is 1.88. The highest BCUT2D eigenvalue weighted by Crippen LogP contribution is 2.04. The molecule has 11 nitrogen and oxygen atoms in total. The first kappa shape index (κ1) is 21.4. The second-order valence-corrected chi connectivity index (χ2v) is 6.87. The zero-order valence-corrected chi connectivity index (χ0v) is 14.7. The molecule has 0 radical (unpaired) electrons. The first-order chi connectivity index (χ1) is 11.9. The number of nitrogens with zero attached hydrogens (tertiary/aromatic N) is 3. The van der Waals surface area contributed by atoms with Gasteiger partial charge in [-0.2, -0.15) is 13.4 Å². The van der Waals surface area contributed by atoms with Gasteiger partial charge in [-0.15, -0.1) is 0 Å². The van der Waals surface area contributed by atoms with Crippen molar-refractivity contribution in [2.75, 3.05) is 42.8 Å². The van der Waals surface area contributed by atoms with Crippen LogP contribution in [0.1, 0.15) is 25.7 Å². The Morgan fingerprint density at radius 3 is 2.32 bits per heavy atom. The Balaban J connectivity index is 2.10. The largest absolute Gasteiger partial charge is 0.394 e. The lowest BCUT2D eigenvalue weighted by Gasteiger charge is -2.09. The van der Waals surface area contributed by atoms with Crippen molar-refractivity contribution in [3.8, 4) is 0 Å². The van der Waals surface area contributed by atoms with E-state index >= 15 is 0 Å². The third kappa shape index (κ3) is 11.6. The van der Waals surface area contributed by atoms with Crippen molar-refractivity contribution in [1.29, 1.82) is 0 Å². The third-order valence-electron chi connectivity index (χ3n) is 3.14. The molecule has 144 valence electrons. The highest BCUT2D eigenvalue weighted by atomic mass is 32.2. The molecule has 0 spiro atoms. The molecule has 0 fully saturated rings. The summed E-state index contributed by atoms with van der Waals surface area (Å²) in [6, 6.07) is 0. The molecule has 25 heavy (non-hydrogen) atoms. The Kier molecular flexibility index (Phi) is 10.2. The molecule has 0 aromatic carbocycles. The summed E-state index contributed by atoms with van der Waals surface area (Å²) in [6.07, 6.45) is 4.47. The zero-order valence-electron chi connectivity index (χ0n) is 13.9. The van der Waals surface area contributed by atoms with Crippen molar-refractivity contribution >= 4 is 22.0 Å². The molecular weight excluding hydrogens is 352 g/mol. The number of nitrogens with one attached hydrogen (secondary N) is 3. The van der Waals surface area contributed by atoms with Gasteiger partial charge in [-0.1, -0.05) is 12.8 Å². The summed E-state index contributed by atoms with van der Waals surface area (Å²) in [5, 5.41) is 26.3. The SMILES string of the molecule is O=S(=O)(O)CNc1ncnc(NCCCCCCNCC(O)CO)n1. The molecule has 1 rings (SSSR count). The lowest BCUT2D eigenvalue weighted by Crippen LogP contribution is -2.29. The fourth-order valence-corrected chi connectivity index (χ4v) is 2.20. The van der Waals surface area contributed by atoms with E-state index in [1.807, 2.05) is 0 Å². The Morgan fingerprint density at radius 2 is 1.68 bits per heavy atom. The summed E-state index contributed by atoms with van der Waals surface area (Å²) in [4.78, 5) is 11.7. The second kappa shape index (κ2) is 11.9. The molecule has 0 aliphatic rings. The van der Waals surface area contributed by atoms with Crippen LogP contribution in [0.25, 0.3) is 0 Å². The Bertz CT molecular complexity index is 588. The highest BCUT2D eigenvalue weighted by molar-refractivity contribution is 7.85. The van der Waals surface area contributed by atoms with Crippen LogP contribution >= 0.6 is 0 Å². The average molecular weight is 378 g/mol. The van der Waals surface area contributed by atoms with Crippen LogP contribution in [-0.4, -0.2) is 76.4 Å². The summed E-state index contributed by atoms with van der Waals surface area (Å²) in [7, 11) is -4.14. The van der Waals surface area contributed by atoms with Crippen LogP contribution in [0, 0.1) is 0 Å². The minimum atomic E-state index is -4.14. The van der Waals surface area contributed by atoms with Gasteiger partial charge >= 0.3 is 0 Å². The van der Waals surface area contributed by atoms with E-state index in [1.165, 1.54) is 6.33 Å². The van der Waals surface area contributed by atoms with E-state index in [2.05, 4.69) is 30.9 Å². The van der Waals surface area contributed by atoms with Gasteiger partial charge in [-0.05, 0) is 19.4 Å². The van der Waals surface area contributed by atoms with E-state index in [1.54, 1.807) is 0 Å². The number of hydrogen-bond donors (Lipinski definition) is 6. The van der Waals surface area contributed by atoms with E-state index in [-0.39, 0.29) is 12.6 Å². The maximum atomic E-state index is 10.7. The van der Waals surface area contributed by atoms with Gasteiger partial charge in [-0.25, -0.2) is 9.97 Å². The van der Waals surface area contributed by atoms with Crippen molar-refractivity contribution in [3.05, 3.63) is 6.33 Å². The van der Waals surface area contributed by atoms with Gasteiger partial charge in [0.1, 0.15) is 12.2 Å². The van der Waals surface area contributed by atoms with Crippen LogP contribution < -0.4 is 16.0 Å². The standard InChI is InChI=1S/C13H26N6O5S/c20-8-11(21)7-14-5-3-1-2-4-6-15-12-16-9-17-13(19-12)18-10-25(22,23)24/h9,11,14,20-21H,1-8,10H2,(H,22,23,24)(H2,15,16,17,18,19). The minimum Gasteiger partial charge on any atom is -0.394 e. The molecule has 0 aliphatic carbocycles. The summed E-state index contributed by atoms with van der Waals surface area (Å²) in [5.74, 6) is -0.279. The highest BCUT2D eigenvalue weighted by Gasteiger charge is 2.06. The van der Waals surface area contributed by atoms with Crippen molar-refractivity contribution in [2.45, 2.75) is 31.8 Å². The summed E-state index contributed by atoms with van der Waals surface area (Å²) in [6.45, 7) is 1.62. The molecule has 1 aromatic heterocycles. The summed E-state index contributed by atoms with van der Waals surface area (Å²) >= 11 is 0. The van der Waals surface area contributed by atoms with Gasteiger partial charge in [0.05, 0.1) is 12.7 Å². The molecule has 1 unspecified atom stereocenters. The van der Waals surface area contributed by atoms with Gasteiger partial charge in [0.25, 0.3) is 10.1 Å². The number of unbranched alkanes of at least 4 members (excludes halogenated alkanes) is 3. The molecule has 0 bridgehead atoms. The van der Waals surface area contributed by atoms with Gasteiger partial charge in [0.2, 0.25) is 11.9 Å². The monoisotopic (exact) mass is 378 g/mol. The average Bonchev–Trinajstić information content (AvgIpc) is 2.58. The van der Waals surface area contributed by atoms with E-state index in [9.17, 15) is 8.42 Å². The molecule has 0 aliphatic heterocycles. The summed E-state index contributed by atoms with van der Waals surface area (Å²) < 4.78 is 30.0. The third-order valence-corrected chi connectivity index (χ3v) is 3.65. The van der Waals surface area contributed by atoms with Gasteiger partial charge in [0.15, 0.2) is 0 Å². The number of aliphatic hydroxyl groups excluding tert-OH is 2. The van der Waals surface area contributed by atoms with Crippen LogP contribution in [0.4, 0.5) is 11.9 Å². The quantitative estimate of drug-likeness (QED) is 0.174. The molecule has 6 N–H and O–H groups in total. The molecule has 1 heterocycles. The normalized spacial score (nSPS) is 12.8. The number of aliphatic hydroxyl groups is 2. The van der Waals surface area contributed by atoms with Crippen molar-refractivity contribution in [3.63, 3.8) is 0 Å². The lowest BCUT2D eigenvalue weighted by molar-refractivity contribution is 0.0945. The van der Waals surface area contributed by atoms with Crippen LogP contribution in [0.3, 0.4) is 0 Å². The molecule has 0 amide bonds. The van der Waals surface area contributed by atoms with Crippen molar-refractivity contribution in [2.24, 2.45) is 0 Å². The van der Waals surface area contributed by atoms with Crippen LogP contribution in [0.15, 0.2) is 6.33 Å². The second-order valence-electron chi connectivity index (χ2n) is 5.42. The van der Waals surface area contributed by atoms with E-state index in [4.69, 9.17) is 14.8 Å². The Labute approximate surface area is 147 Å². The Hall–Kier alpha value is -1.60. The number of anilines is 2. The lowest BCUT2D eigenvalue weighted by atomic mass is 10.2. The maximum absolute atomic E-state index is 10.7. The van der Waals surface area contributed by atoms with Gasteiger partial charge in [-0.3, -0.25) is 4.55 Å². The first-order valence-electron chi connectivity index (χ1n) is 8.02. The topological polar surface area (TPSA) is 170 Å². The maximum Gasteiger partial charge on any atom is 0.283 e. The first-order valence-corrected chi connectivity index (χ1v) is 9.63. The van der Waals surface area contributed by atoms with Crippen LogP contribution in [-0.2, 0) is 10.1 Å². The summed E-state index contributed by atoms with van der Waals surface area (Å²) in [5.41, 5.74) is 0. The molecule has 1 atom stereocenters. The van der Waals surface area contributed by atoms with Crippen molar-refractivity contribution < 1.29 is 23.2 Å². The minimum absolute atomic E-state index is 0.0614. The van der Waals surface area contributed by atoms with Gasteiger partial charge < -0.3 is 26.2 Å². The smallest absolute Gasteiger partial charge is 0.283 e. The number of rotatable bonds is 14. The molecular formula is C13H26N6O5S. The van der Waals surface area contributed by atoms with Crippen LogP contribution in [0.2, 0.25) is 0 Å². The van der Waals surface area contributed by atoms with E-state index in [0.29, 0.717) is 19.0 Å². The number of hydrogen-bond acceptors (Lipinski definition) is 10. The van der Waals surface area contributed by atoms with E-state index < -0.39 is 22.1 Å². The molecule has 12 heteroatoms. The number of aromatic nitrogens is 3. The van der Waals surface area contributed by atoms with Crippen molar-refractivity contribution in [1.82, 2.24) is 20.3 Å². The van der Waals surface area contributed by atoms with E-state index in [0.717, 1.165) is 32.2 Å². The zero-order chi connectivity index (χ0) is 18.5. The Morgan fingerprint density at radius 1 is 1.04 bits per heavy atom. The van der Waals surface area contributed by atoms with Gasteiger partial charge in [0, 0.05) is 13.1 Å². The predicted octanol–water partition coefficient (Wildman–Crippen LogP) is -0.956. The predicted molar refractivity (Wildman–Crippen MR) is 92.8 cm³/mol. The molecule has 1 aromatic rings. The fraction of sp³-hybridized carbons (Fsp3) is 0.769.